The van der Waals surface area contributed by atoms with E-state index in [4.69, 9.17) is 5.26 Å². The highest BCUT2D eigenvalue weighted by Crippen LogP contribution is 2.35. The third-order valence-corrected chi connectivity index (χ3v) is 3.06. The lowest BCUT2D eigenvalue weighted by Crippen LogP contribution is -2.05. The van der Waals surface area contributed by atoms with Gasteiger partial charge in [0, 0.05) is 19.0 Å². The van der Waals surface area contributed by atoms with Gasteiger partial charge in [0.2, 0.25) is 0 Å². The number of alkyl halides is 3. The molecule has 0 aliphatic rings. The first-order valence-corrected chi connectivity index (χ1v) is 5.75. The molecule has 3 nitrogen and oxygen atoms in total. The van der Waals surface area contributed by atoms with Crippen LogP contribution in [0.3, 0.4) is 0 Å². The molecule has 0 aliphatic carbocycles. The lowest BCUT2D eigenvalue weighted by Gasteiger charge is -2.09. The Morgan fingerprint density at radius 3 is 2.53 bits per heavy atom. The Kier molecular flexibility index (Phi) is 3.14. The molecule has 0 amide bonds. The standard InChI is InChI=1S/C13H12F3N3/c1-3-19-11-6-8(13(14,15)16)4-5-9(11)10(7-17)12(19)18-2/h4-6,18H,3H2,1-2H3. The number of benzene rings is 1. The number of nitriles is 1. The summed E-state index contributed by atoms with van der Waals surface area (Å²) in [6.07, 6.45) is -4.39. The van der Waals surface area contributed by atoms with Crippen LogP contribution in [0.1, 0.15) is 18.1 Å². The summed E-state index contributed by atoms with van der Waals surface area (Å²) in [7, 11) is 1.64. The summed E-state index contributed by atoms with van der Waals surface area (Å²) in [6.45, 7) is 2.30. The fraction of sp³-hybridized carbons (Fsp3) is 0.308. The first kappa shape index (κ1) is 13.3. The van der Waals surface area contributed by atoms with Crippen molar-refractivity contribution in [2.45, 2.75) is 19.6 Å². The molecular weight excluding hydrogens is 255 g/mol. The molecule has 1 aromatic heterocycles. The molecule has 0 atom stereocenters. The number of aromatic nitrogens is 1. The van der Waals surface area contributed by atoms with Gasteiger partial charge in [-0.1, -0.05) is 6.07 Å². The van der Waals surface area contributed by atoms with Crippen LogP contribution in [0.15, 0.2) is 18.2 Å². The summed E-state index contributed by atoms with van der Waals surface area (Å²) >= 11 is 0. The molecule has 0 unspecified atom stereocenters. The largest absolute Gasteiger partial charge is 0.416 e. The second kappa shape index (κ2) is 4.50. The van der Waals surface area contributed by atoms with E-state index in [1.165, 1.54) is 6.07 Å². The topological polar surface area (TPSA) is 40.8 Å². The molecule has 100 valence electrons. The van der Waals surface area contributed by atoms with Crippen molar-refractivity contribution in [2.75, 3.05) is 12.4 Å². The van der Waals surface area contributed by atoms with Crippen molar-refractivity contribution in [3.8, 4) is 6.07 Å². The molecule has 2 aromatic rings. The van der Waals surface area contributed by atoms with Crippen LogP contribution in [0.25, 0.3) is 10.9 Å². The van der Waals surface area contributed by atoms with Crippen molar-refractivity contribution in [2.24, 2.45) is 0 Å². The normalized spacial score (nSPS) is 11.6. The van der Waals surface area contributed by atoms with E-state index < -0.39 is 11.7 Å². The first-order valence-electron chi connectivity index (χ1n) is 5.75. The van der Waals surface area contributed by atoms with Gasteiger partial charge in [0.05, 0.1) is 11.1 Å². The lowest BCUT2D eigenvalue weighted by atomic mass is 10.1. The molecule has 0 radical (unpaired) electrons. The van der Waals surface area contributed by atoms with Crippen molar-refractivity contribution in [3.05, 3.63) is 29.3 Å². The fourth-order valence-electron chi connectivity index (χ4n) is 2.23. The number of nitrogens with one attached hydrogen (secondary N) is 1. The predicted molar refractivity (Wildman–Crippen MR) is 66.9 cm³/mol. The minimum Gasteiger partial charge on any atom is -0.373 e. The maximum atomic E-state index is 12.7. The molecule has 0 saturated carbocycles. The van der Waals surface area contributed by atoms with Crippen LogP contribution >= 0.6 is 0 Å². The Bertz CT molecular complexity index is 662. The summed E-state index contributed by atoms with van der Waals surface area (Å²) in [5.74, 6) is 0.541. The number of hydrogen-bond acceptors (Lipinski definition) is 2. The molecule has 2 rings (SSSR count). The van der Waals surface area contributed by atoms with Gasteiger partial charge < -0.3 is 9.88 Å². The average molecular weight is 267 g/mol. The second-order valence-electron chi connectivity index (χ2n) is 4.06. The number of rotatable bonds is 2. The van der Waals surface area contributed by atoms with E-state index in [1.54, 1.807) is 11.6 Å². The zero-order valence-electron chi connectivity index (χ0n) is 10.5. The van der Waals surface area contributed by atoms with Gasteiger partial charge in [-0.25, -0.2) is 0 Å². The summed E-state index contributed by atoms with van der Waals surface area (Å²) in [5, 5.41) is 12.6. The highest BCUT2D eigenvalue weighted by molar-refractivity contribution is 5.93. The van der Waals surface area contributed by atoms with Gasteiger partial charge in [0.25, 0.3) is 0 Å². The minimum atomic E-state index is -4.39. The molecular formula is C13H12F3N3. The average Bonchev–Trinajstić information content (AvgIpc) is 2.69. The third kappa shape index (κ3) is 2.01. The highest BCUT2D eigenvalue weighted by atomic mass is 19.4. The van der Waals surface area contributed by atoms with Crippen molar-refractivity contribution < 1.29 is 13.2 Å². The van der Waals surface area contributed by atoms with Crippen molar-refractivity contribution in [3.63, 3.8) is 0 Å². The monoisotopic (exact) mass is 267 g/mol. The zero-order valence-corrected chi connectivity index (χ0v) is 10.5. The van der Waals surface area contributed by atoms with Crippen LogP contribution in [-0.4, -0.2) is 11.6 Å². The van der Waals surface area contributed by atoms with Crippen LogP contribution < -0.4 is 5.32 Å². The quantitative estimate of drug-likeness (QED) is 0.903. The van der Waals surface area contributed by atoms with E-state index in [-0.39, 0.29) is 0 Å². The second-order valence-corrected chi connectivity index (χ2v) is 4.06. The Labute approximate surface area is 108 Å². The Balaban J connectivity index is 2.83. The number of aryl methyl sites for hydroxylation is 1. The van der Waals surface area contributed by atoms with E-state index in [0.29, 0.717) is 28.8 Å². The van der Waals surface area contributed by atoms with Gasteiger partial charge in [-0.2, -0.15) is 18.4 Å². The number of anilines is 1. The maximum Gasteiger partial charge on any atom is 0.416 e. The molecule has 0 aliphatic heterocycles. The first-order chi connectivity index (χ1) is 8.93. The van der Waals surface area contributed by atoms with Crippen LogP contribution in [-0.2, 0) is 12.7 Å². The van der Waals surface area contributed by atoms with Gasteiger partial charge in [-0.3, -0.25) is 0 Å². The zero-order chi connectivity index (χ0) is 14.2. The molecule has 6 heteroatoms. The molecule has 0 fully saturated rings. The summed E-state index contributed by atoms with van der Waals surface area (Å²) in [6, 6.07) is 5.48. The molecule has 1 N–H and O–H groups in total. The Morgan fingerprint density at radius 2 is 2.05 bits per heavy atom. The molecule has 1 heterocycles. The molecule has 0 saturated heterocycles. The number of halogens is 3. The molecule has 0 bridgehead atoms. The molecule has 0 spiro atoms. The number of hydrogen-bond donors (Lipinski definition) is 1. The van der Waals surface area contributed by atoms with Gasteiger partial charge >= 0.3 is 6.18 Å². The highest BCUT2D eigenvalue weighted by Gasteiger charge is 2.31. The Morgan fingerprint density at radius 1 is 1.37 bits per heavy atom. The minimum absolute atomic E-state index is 0.369. The van der Waals surface area contributed by atoms with Crippen LogP contribution in [0, 0.1) is 11.3 Å². The predicted octanol–water partition coefficient (Wildman–Crippen LogP) is 3.59. The third-order valence-electron chi connectivity index (χ3n) is 3.06. The summed E-state index contributed by atoms with van der Waals surface area (Å²) in [4.78, 5) is 0. The van der Waals surface area contributed by atoms with Crippen LogP contribution in [0.4, 0.5) is 19.0 Å². The summed E-state index contributed by atoms with van der Waals surface area (Å²) < 4.78 is 39.9. The number of nitrogens with zero attached hydrogens (tertiary/aromatic N) is 2. The van der Waals surface area contributed by atoms with Crippen molar-refractivity contribution in [1.82, 2.24) is 4.57 Å². The lowest BCUT2D eigenvalue weighted by molar-refractivity contribution is -0.137. The fourth-order valence-corrected chi connectivity index (χ4v) is 2.23. The van der Waals surface area contributed by atoms with E-state index >= 15 is 0 Å². The van der Waals surface area contributed by atoms with Gasteiger partial charge in [0.1, 0.15) is 17.5 Å². The smallest absolute Gasteiger partial charge is 0.373 e. The Hall–Kier alpha value is -2.16. The van der Waals surface area contributed by atoms with Gasteiger partial charge in [0.15, 0.2) is 0 Å². The molecule has 1 aromatic carbocycles. The van der Waals surface area contributed by atoms with Crippen molar-refractivity contribution in [1.29, 1.82) is 5.26 Å². The van der Waals surface area contributed by atoms with E-state index in [1.807, 2.05) is 13.0 Å². The van der Waals surface area contributed by atoms with Crippen LogP contribution in [0.5, 0.6) is 0 Å². The SMILES string of the molecule is CCn1c(NC)c(C#N)c2ccc(C(F)(F)F)cc21. The van der Waals surface area contributed by atoms with Gasteiger partial charge in [-0.05, 0) is 19.1 Å². The van der Waals surface area contributed by atoms with Crippen LogP contribution in [0.2, 0.25) is 0 Å². The van der Waals surface area contributed by atoms with E-state index in [9.17, 15) is 13.2 Å². The van der Waals surface area contributed by atoms with E-state index in [0.717, 1.165) is 12.1 Å². The number of fused-ring (bicyclic) bond motifs is 1. The molecule has 19 heavy (non-hydrogen) atoms. The van der Waals surface area contributed by atoms with E-state index in [2.05, 4.69) is 5.32 Å². The maximum absolute atomic E-state index is 12.7. The summed E-state index contributed by atoms with van der Waals surface area (Å²) in [5.41, 5.74) is 0.0747. The van der Waals surface area contributed by atoms with Gasteiger partial charge in [-0.15, -0.1) is 0 Å². The van der Waals surface area contributed by atoms with Crippen molar-refractivity contribution >= 4 is 16.7 Å².